The Hall–Kier alpha value is -0.740. The van der Waals surface area contributed by atoms with Crippen molar-refractivity contribution in [2.75, 3.05) is 6.61 Å². The van der Waals surface area contributed by atoms with E-state index in [1.54, 1.807) is 0 Å². The Labute approximate surface area is 136 Å². The Morgan fingerprint density at radius 3 is 2.80 bits per heavy atom. The summed E-state index contributed by atoms with van der Waals surface area (Å²) in [6.45, 7) is 0.668. The SMILES string of the molecule is NC(c1cccc(Br)c1Cl)c1cc(Cl)cc2c1OCC2. The summed E-state index contributed by atoms with van der Waals surface area (Å²) in [5.74, 6) is 0.845. The van der Waals surface area contributed by atoms with E-state index in [4.69, 9.17) is 33.7 Å². The molecule has 5 heteroatoms. The fraction of sp³-hybridized carbons (Fsp3) is 0.200. The summed E-state index contributed by atoms with van der Waals surface area (Å²) in [6.07, 6.45) is 0.863. The summed E-state index contributed by atoms with van der Waals surface area (Å²) in [5, 5.41) is 1.29. The lowest BCUT2D eigenvalue weighted by atomic mass is 9.96. The third kappa shape index (κ3) is 2.44. The molecule has 0 aromatic heterocycles. The first-order valence-corrected chi connectivity index (χ1v) is 7.77. The predicted octanol–water partition coefficient (Wildman–Crippen LogP) is 4.74. The topological polar surface area (TPSA) is 35.2 Å². The fourth-order valence-corrected chi connectivity index (χ4v) is 3.33. The van der Waals surface area contributed by atoms with Gasteiger partial charge in [-0.1, -0.05) is 35.3 Å². The highest BCUT2D eigenvalue weighted by Crippen LogP contribution is 2.40. The molecule has 0 bridgehead atoms. The van der Waals surface area contributed by atoms with Gasteiger partial charge in [-0.05, 0) is 45.3 Å². The average Bonchev–Trinajstić information content (AvgIpc) is 2.88. The summed E-state index contributed by atoms with van der Waals surface area (Å²) < 4.78 is 6.53. The minimum atomic E-state index is -0.370. The molecule has 0 aliphatic carbocycles. The van der Waals surface area contributed by atoms with E-state index in [0.717, 1.165) is 33.3 Å². The quantitative estimate of drug-likeness (QED) is 0.826. The molecule has 2 aromatic rings. The highest BCUT2D eigenvalue weighted by molar-refractivity contribution is 9.10. The molecule has 1 aliphatic heterocycles. The molecule has 20 heavy (non-hydrogen) atoms. The van der Waals surface area contributed by atoms with Crippen LogP contribution < -0.4 is 10.5 Å². The molecule has 3 rings (SSSR count). The lowest BCUT2D eigenvalue weighted by Crippen LogP contribution is -2.13. The molecule has 0 spiro atoms. The normalized spacial score (nSPS) is 14.8. The van der Waals surface area contributed by atoms with Gasteiger partial charge in [0, 0.05) is 21.5 Å². The van der Waals surface area contributed by atoms with Crippen molar-refractivity contribution < 1.29 is 4.74 Å². The molecule has 1 aliphatic rings. The van der Waals surface area contributed by atoms with Crippen LogP contribution in [-0.2, 0) is 6.42 Å². The first-order chi connectivity index (χ1) is 9.58. The van der Waals surface area contributed by atoms with Gasteiger partial charge in [-0.25, -0.2) is 0 Å². The largest absolute Gasteiger partial charge is 0.493 e. The van der Waals surface area contributed by atoms with Crippen LogP contribution in [0.4, 0.5) is 0 Å². The molecule has 2 nitrogen and oxygen atoms in total. The number of ether oxygens (including phenoxy) is 1. The summed E-state index contributed by atoms with van der Waals surface area (Å²) in [5.41, 5.74) is 9.22. The number of hydrogen-bond acceptors (Lipinski definition) is 2. The molecule has 0 amide bonds. The number of benzene rings is 2. The Balaban J connectivity index is 2.11. The van der Waals surface area contributed by atoms with E-state index in [1.165, 1.54) is 0 Å². The van der Waals surface area contributed by atoms with E-state index in [9.17, 15) is 0 Å². The average molecular weight is 373 g/mol. The molecule has 2 aromatic carbocycles. The van der Waals surface area contributed by atoms with Gasteiger partial charge in [-0.15, -0.1) is 0 Å². The maximum Gasteiger partial charge on any atom is 0.127 e. The number of hydrogen-bond donors (Lipinski definition) is 1. The van der Waals surface area contributed by atoms with Crippen molar-refractivity contribution in [2.45, 2.75) is 12.5 Å². The van der Waals surface area contributed by atoms with Gasteiger partial charge in [0.15, 0.2) is 0 Å². The van der Waals surface area contributed by atoms with Crippen LogP contribution in [-0.4, -0.2) is 6.61 Å². The second-order valence-corrected chi connectivity index (χ2v) is 6.37. The van der Waals surface area contributed by atoms with Crippen LogP contribution in [0.15, 0.2) is 34.8 Å². The van der Waals surface area contributed by atoms with E-state index in [-0.39, 0.29) is 6.04 Å². The molecule has 1 atom stereocenters. The second kappa shape index (κ2) is 5.57. The highest BCUT2D eigenvalue weighted by atomic mass is 79.9. The van der Waals surface area contributed by atoms with E-state index < -0.39 is 0 Å². The van der Waals surface area contributed by atoms with Gasteiger partial charge < -0.3 is 10.5 Å². The number of halogens is 3. The lowest BCUT2D eigenvalue weighted by molar-refractivity contribution is 0.352. The second-order valence-electron chi connectivity index (χ2n) is 4.70. The number of fused-ring (bicyclic) bond motifs is 1. The first kappa shape index (κ1) is 14.2. The standard InChI is InChI=1S/C15H12BrCl2NO/c16-12-3-1-2-10(13(12)18)14(19)11-7-9(17)6-8-4-5-20-15(8)11/h1-3,6-7,14H,4-5,19H2. The summed E-state index contributed by atoms with van der Waals surface area (Å²) >= 11 is 15.9. The van der Waals surface area contributed by atoms with Crippen molar-refractivity contribution >= 4 is 39.1 Å². The Morgan fingerprint density at radius 2 is 2.00 bits per heavy atom. The summed E-state index contributed by atoms with van der Waals surface area (Å²) in [6, 6.07) is 9.13. The van der Waals surface area contributed by atoms with Gasteiger partial charge in [-0.3, -0.25) is 0 Å². The van der Waals surface area contributed by atoms with Gasteiger partial charge in [0.2, 0.25) is 0 Å². The monoisotopic (exact) mass is 371 g/mol. The zero-order valence-corrected chi connectivity index (χ0v) is 13.6. The van der Waals surface area contributed by atoms with Crippen LogP contribution in [0.1, 0.15) is 22.7 Å². The van der Waals surface area contributed by atoms with Crippen molar-refractivity contribution in [2.24, 2.45) is 5.73 Å². The molecule has 0 saturated heterocycles. The van der Waals surface area contributed by atoms with Crippen LogP contribution in [0.2, 0.25) is 10.0 Å². The van der Waals surface area contributed by atoms with Crippen LogP contribution in [0, 0.1) is 0 Å². The molecule has 0 fully saturated rings. The van der Waals surface area contributed by atoms with E-state index in [1.807, 2.05) is 30.3 Å². The summed E-state index contributed by atoms with van der Waals surface area (Å²) in [4.78, 5) is 0. The van der Waals surface area contributed by atoms with Crippen molar-refractivity contribution in [3.8, 4) is 5.75 Å². The molecular formula is C15H12BrCl2NO. The molecule has 1 heterocycles. The Bertz CT molecular complexity index is 675. The molecular weight excluding hydrogens is 361 g/mol. The van der Waals surface area contributed by atoms with Crippen LogP contribution in [0.25, 0.3) is 0 Å². The zero-order chi connectivity index (χ0) is 14.3. The maximum atomic E-state index is 6.38. The van der Waals surface area contributed by atoms with E-state index in [2.05, 4.69) is 15.9 Å². The van der Waals surface area contributed by atoms with Gasteiger partial charge in [-0.2, -0.15) is 0 Å². The minimum absolute atomic E-state index is 0.370. The molecule has 1 unspecified atom stereocenters. The van der Waals surface area contributed by atoms with Gasteiger partial charge in [0.25, 0.3) is 0 Å². The number of rotatable bonds is 2. The van der Waals surface area contributed by atoms with E-state index in [0.29, 0.717) is 16.7 Å². The van der Waals surface area contributed by atoms with E-state index >= 15 is 0 Å². The van der Waals surface area contributed by atoms with Crippen molar-refractivity contribution in [1.82, 2.24) is 0 Å². The maximum absolute atomic E-state index is 6.38. The van der Waals surface area contributed by atoms with Crippen LogP contribution in [0.5, 0.6) is 5.75 Å². The van der Waals surface area contributed by atoms with Crippen molar-refractivity contribution in [1.29, 1.82) is 0 Å². The van der Waals surface area contributed by atoms with Gasteiger partial charge in [0.05, 0.1) is 17.7 Å². The highest BCUT2D eigenvalue weighted by Gasteiger charge is 2.24. The first-order valence-electron chi connectivity index (χ1n) is 6.22. The van der Waals surface area contributed by atoms with Crippen LogP contribution in [0.3, 0.4) is 0 Å². The predicted molar refractivity (Wildman–Crippen MR) is 85.8 cm³/mol. The third-order valence-electron chi connectivity index (χ3n) is 3.43. The smallest absolute Gasteiger partial charge is 0.127 e. The van der Waals surface area contributed by atoms with Crippen LogP contribution >= 0.6 is 39.1 Å². The third-order valence-corrected chi connectivity index (χ3v) is 4.96. The minimum Gasteiger partial charge on any atom is -0.493 e. The number of nitrogens with two attached hydrogens (primary N) is 1. The summed E-state index contributed by atoms with van der Waals surface area (Å²) in [7, 11) is 0. The van der Waals surface area contributed by atoms with Gasteiger partial charge in [0.1, 0.15) is 5.75 Å². The molecule has 2 N–H and O–H groups in total. The molecule has 0 radical (unpaired) electrons. The molecule has 104 valence electrons. The fourth-order valence-electron chi connectivity index (χ4n) is 2.46. The Morgan fingerprint density at radius 1 is 1.20 bits per heavy atom. The van der Waals surface area contributed by atoms with Gasteiger partial charge >= 0.3 is 0 Å². The molecule has 0 saturated carbocycles. The lowest BCUT2D eigenvalue weighted by Gasteiger charge is -2.18. The van der Waals surface area contributed by atoms with Crippen molar-refractivity contribution in [3.63, 3.8) is 0 Å². The van der Waals surface area contributed by atoms with Crippen molar-refractivity contribution in [3.05, 3.63) is 61.5 Å². The Kier molecular flexibility index (Phi) is 3.95. The zero-order valence-electron chi connectivity index (χ0n) is 10.5.